The smallest absolute Gasteiger partial charge is 0.227 e. The molecule has 0 aliphatic heterocycles. The summed E-state index contributed by atoms with van der Waals surface area (Å²) in [5.41, 5.74) is 2.42. The highest BCUT2D eigenvalue weighted by Gasteiger charge is 2.10. The van der Waals surface area contributed by atoms with Crippen molar-refractivity contribution in [2.75, 3.05) is 14.2 Å². The predicted molar refractivity (Wildman–Crippen MR) is 72.5 cm³/mol. The highest BCUT2D eigenvalue weighted by atomic mass is 16.5. The maximum Gasteiger partial charge on any atom is 0.227 e. The summed E-state index contributed by atoms with van der Waals surface area (Å²) in [6.45, 7) is 0. The molecule has 0 saturated carbocycles. The van der Waals surface area contributed by atoms with Gasteiger partial charge in [0, 0.05) is 11.6 Å². The molecule has 0 N–H and O–H groups in total. The fraction of sp³-hybridized carbons (Fsp3) is 0.133. The molecule has 1 aromatic heterocycles. The van der Waals surface area contributed by atoms with Gasteiger partial charge in [0.2, 0.25) is 5.89 Å². The third-order valence-electron chi connectivity index (χ3n) is 2.89. The van der Waals surface area contributed by atoms with E-state index in [-0.39, 0.29) is 0 Å². The van der Waals surface area contributed by atoms with Crippen LogP contribution in [0.2, 0.25) is 0 Å². The number of benzene rings is 2. The molecular formula is C15H13NO3. The highest BCUT2D eigenvalue weighted by Crippen LogP contribution is 2.31. The molecule has 0 spiro atoms. The van der Waals surface area contributed by atoms with Crippen LogP contribution in [0.3, 0.4) is 0 Å². The summed E-state index contributed by atoms with van der Waals surface area (Å²) in [5, 5.41) is 0. The Kier molecular flexibility index (Phi) is 2.83. The van der Waals surface area contributed by atoms with Gasteiger partial charge in [-0.05, 0) is 24.3 Å². The van der Waals surface area contributed by atoms with Crippen LogP contribution < -0.4 is 9.47 Å². The SMILES string of the molecule is COc1cc(OC)cc(-c2nc3ccccc3o2)c1. The van der Waals surface area contributed by atoms with E-state index < -0.39 is 0 Å². The van der Waals surface area contributed by atoms with Crippen LogP contribution in [-0.2, 0) is 0 Å². The third-order valence-corrected chi connectivity index (χ3v) is 2.89. The van der Waals surface area contributed by atoms with E-state index in [4.69, 9.17) is 13.9 Å². The Labute approximate surface area is 110 Å². The van der Waals surface area contributed by atoms with Crippen LogP contribution in [0.4, 0.5) is 0 Å². The molecule has 0 amide bonds. The fourth-order valence-electron chi connectivity index (χ4n) is 1.93. The summed E-state index contributed by atoms with van der Waals surface area (Å²) in [5.74, 6) is 1.96. The van der Waals surface area contributed by atoms with E-state index in [2.05, 4.69) is 4.98 Å². The molecule has 1 heterocycles. The van der Waals surface area contributed by atoms with E-state index in [0.717, 1.165) is 16.7 Å². The van der Waals surface area contributed by atoms with Crippen molar-refractivity contribution in [3.63, 3.8) is 0 Å². The lowest BCUT2D eigenvalue weighted by molar-refractivity contribution is 0.394. The van der Waals surface area contributed by atoms with Gasteiger partial charge in [-0.1, -0.05) is 12.1 Å². The molecule has 2 aromatic carbocycles. The lowest BCUT2D eigenvalue weighted by Crippen LogP contribution is -1.88. The zero-order valence-corrected chi connectivity index (χ0v) is 10.7. The predicted octanol–water partition coefficient (Wildman–Crippen LogP) is 3.51. The first-order valence-electron chi connectivity index (χ1n) is 5.89. The van der Waals surface area contributed by atoms with Crippen molar-refractivity contribution in [3.05, 3.63) is 42.5 Å². The Morgan fingerprint density at radius 3 is 2.26 bits per heavy atom. The summed E-state index contributed by atoms with van der Waals surface area (Å²) in [6.07, 6.45) is 0. The van der Waals surface area contributed by atoms with E-state index in [1.165, 1.54) is 0 Å². The van der Waals surface area contributed by atoms with Crippen molar-refractivity contribution < 1.29 is 13.9 Å². The summed E-state index contributed by atoms with van der Waals surface area (Å²) >= 11 is 0. The van der Waals surface area contributed by atoms with Gasteiger partial charge in [0.15, 0.2) is 5.58 Å². The van der Waals surface area contributed by atoms with Crippen LogP contribution >= 0.6 is 0 Å². The van der Waals surface area contributed by atoms with Gasteiger partial charge < -0.3 is 13.9 Å². The summed E-state index contributed by atoms with van der Waals surface area (Å²) in [7, 11) is 3.23. The maximum absolute atomic E-state index is 5.73. The number of oxazole rings is 1. The van der Waals surface area contributed by atoms with Gasteiger partial charge in [-0.15, -0.1) is 0 Å². The van der Waals surface area contributed by atoms with E-state index in [1.54, 1.807) is 14.2 Å². The Hall–Kier alpha value is -2.49. The molecule has 0 atom stereocenters. The van der Waals surface area contributed by atoms with E-state index in [9.17, 15) is 0 Å². The number of rotatable bonds is 3. The zero-order chi connectivity index (χ0) is 13.2. The molecule has 3 rings (SSSR count). The molecule has 19 heavy (non-hydrogen) atoms. The topological polar surface area (TPSA) is 44.5 Å². The molecule has 0 unspecified atom stereocenters. The normalized spacial score (nSPS) is 10.6. The summed E-state index contributed by atoms with van der Waals surface area (Å²) < 4.78 is 16.2. The summed E-state index contributed by atoms with van der Waals surface area (Å²) in [6, 6.07) is 13.2. The largest absolute Gasteiger partial charge is 0.497 e. The average Bonchev–Trinajstić information content (AvgIpc) is 2.90. The molecule has 3 aromatic rings. The second-order valence-corrected chi connectivity index (χ2v) is 4.09. The van der Waals surface area contributed by atoms with Gasteiger partial charge >= 0.3 is 0 Å². The van der Waals surface area contributed by atoms with Crippen LogP contribution in [0.5, 0.6) is 11.5 Å². The number of ether oxygens (including phenoxy) is 2. The Balaban J connectivity index is 2.14. The van der Waals surface area contributed by atoms with Crippen LogP contribution in [0.15, 0.2) is 46.9 Å². The van der Waals surface area contributed by atoms with Crippen molar-refractivity contribution in [1.29, 1.82) is 0 Å². The zero-order valence-electron chi connectivity index (χ0n) is 10.7. The number of methoxy groups -OCH3 is 2. The van der Waals surface area contributed by atoms with E-state index >= 15 is 0 Å². The van der Waals surface area contributed by atoms with Crippen LogP contribution in [0.1, 0.15) is 0 Å². The summed E-state index contributed by atoms with van der Waals surface area (Å²) in [4.78, 5) is 4.46. The standard InChI is InChI=1S/C15H13NO3/c1-17-11-7-10(8-12(9-11)18-2)15-16-13-5-3-4-6-14(13)19-15/h3-9H,1-2H3. The first-order valence-corrected chi connectivity index (χ1v) is 5.89. The van der Waals surface area contributed by atoms with Crippen molar-refractivity contribution in [2.24, 2.45) is 0 Å². The molecule has 0 aliphatic carbocycles. The molecule has 0 bridgehead atoms. The van der Waals surface area contributed by atoms with Gasteiger partial charge in [-0.2, -0.15) is 0 Å². The van der Waals surface area contributed by atoms with Gasteiger partial charge in [0.1, 0.15) is 17.0 Å². The Morgan fingerprint density at radius 2 is 1.63 bits per heavy atom. The maximum atomic E-state index is 5.73. The molecule has 0 fully saturated rings. The second kappa shape index (κ2) is 4.65. The monoisotopic (exact) mass is 255 g/mol. The molecular weight excluding hydrogens is 242 g/mol. The number of aromatic nitrogens is 1. The lowest BCUT2D eigenvalue weighted by Gasteiger charge is -2.05. The fourth-order valence-corrected chi connectivity index (χ4v) is 1.93. The van der Waals surface area contributed by atoms with Crippen molar-refractivity contribution in [2.45, 2.75) is 0 Å². The Morgan fingerprint density at radius 1 is 0.947 bits per heavy atom. The number of hydrogen-bond donors (Lipinski definition) is 0. The van der Waals surface area contributed by atoms with E-state index in [0.29, 0.717) is 17.4 Å². The molecule has 4 nitrogen and oxygen atoms in total. The van der Waals surface area contributed by atoms with Gasteiger partial charge in [-0.3, -0.25) is 0 Å². The minimum absolute atomic E-state index is 0.554. The molecule has 0 saturated heterocycles. The third kappa shape index (κ3) is 2.12. The molecule has 0 aliphatic rings. The molecule has 96 valence electrons. The number of fused-ring (bicyclic) bond motifs is 1. The number of nitrogens with zero attached hydrogens (tertiary/aromatic N) is 1. The van der Waals surface area contributed by atoms with Gasteiger partial charge in [0.25, 0.3) is 0 Å². The van der Waals surface area contributed by atoms with Crippen molar-refractivity contribution >= 4 is 11.1 Å². The highest BCUT2D eigenvalue weighted by molar-refractivity contribution is 5.76. The number of hydrogen-bond acceptors (Lipinski definition) is 4. The number of para-hydroxylation sites is 2. The van der Waals surface area contributed by atoms with Gasteiger partial charge in [-0.25, -0.2) is 4.98 Å². The van der Waals surface area contributed by atoms with Crippen LogP contribution in [-0.4, -0.2) is 19.2 Å². The van der Waals surface area contributed by atoms with Gasteiger partial charge in [0.05, 0.1) is 14.2 Å². The lowest BCUT2D eigenvalue weighted by atomic mass is 10.2. The second-order valence-electron chi connectivity index (χ2n) is 4.09. The minimum Gasteiger partial charge on any atom is -0.497 e. The average molecular weight is 255 g/mol. The molecule has 4 heteroatoms. The quantitative estimate of drug-likeness (QED) is 0.718. The molecule has 0 radical (unpaired) electrons. The first-order chi connectivity index (χ1) is 9.30. The van der Waals surface area contributed by atoms with Crippen molar-refractivity contribution in [1.82, 2.24) is 4.98 Å². The van der Waals surface area contributed by atoms with Crippen LogP contribution in [0, 0.1) is 0 Å². The van der Waals surface area contributed by atoms with E-state index in [1.807, 2.05) is 42.5 Å². The Bertz CT molecular complexity index is 663. The van der Waals surface area contributed by atoms with Crippen LogP contribution in [0.25, 0.3) is 22.6 Å². The first kappa shape index (κ1) is 11.6. The van der Waals surface area contributed by atoms with Crippen molar-refractivity contribution in [3.8, 4) is 23.0 Å². The minimum atomic E-state index is 0.554.